The van der Waals surface area contributed by atoms with Crippen molar-refractivity contribution in [1.82, 2.24) is 10.2 Å². The number of hydrogen-bond acceptors (Lipinski definition) is 3. The zero-order valence-electron chi connectivity index (χ0n) is 14.0. The smallest absolute Gasteiger partial charge is 0.406 e. The number of alkyl halides is 3. The summed E-state index contributed by atoms with van der Waals surface area (Å²) in [6, 6.07) is 14.7. The highest BCUT2D eigenvalue weighted by Gasteiger charge is 2.38. The second-order valence-corrected chi connectivity index (χ2v) is 6.11. The highest BCUT2D eigenvalue weighted by Crippen LogP contribution is 2.29. The molecule has 1 fully saturated rings. The molecule has 1 amide bonds. The Morgan fingerprint density at radius 2 is 1.81 bits per heavy atom. The number of nitrogens with one attached hydrogen (secondary N) is 1. The summed E-state index contributed by atoms with van der Waals surface area (Å²) < 4.78 is 44.8. The Labute approximate surface area is 149 Å². The number of amides is 1. The van der Waals surface area contributed by atoms with E-state index in [1.165, 1.54) is 6.07 Å². The first kappa shape index (κ1) is 18.3. The fraction of sp³-hybridized carbons (Fsp3) is 0.316. The van der Waals surface area contributed by atoms with Crippen molar-refractivity contribution in [3.63, 3.8) is 0 Å². The van der Waals surface area contributed by atoms with Crippen LogP contribution in [0.4, 0.5) is 13.2 Å². The minimum Gasteiger partial charge on any atom is -0.457 e. The molecule has 1 saturated heterocycles. The highest BCUT2D eigenvalue weighted by molar-refractivity contribution is 5.97. The van der Waals surface area contributed by atoms with Crippen molar-refractivity contribution in [3.05, 3.63) is 60.2 Å². The van der Waals surface area contributed by atoms with Crippen LogP contribution in [-0.2, 0) is 0 Å². The van der Waals surface area contributed by atoms with Crippen LogP contribution in [0.1, 0.15) is 16.8 Å². The molecule has 0 radical (unpaired) electrons. The molecule has 26 heavy (non-hydrogen) atoms. The van der Waals surface area contributed by atoms with Crippen molar-refractivity contribution in [3.8, 4) is 11.5 Å². The van der Waals surface area contributed by atoms with Gasteiger partial charge in [0.2, 0.25) is 0 Å². The quantitative estimate of drug-likeness (QED) is 0.876. The summed E-state index contributed by atoms with van der Waals surface area (Å²) in [5, 5.41) is 3.01. The summed E-state index contributed by atoms with van der Waals surface area (Å²) in [5.41, 5.74) is 0.118. The number of carbonyl (C=O) groups is 1. The van der Waals surface area contributed by atoms with Crippen LogP contribution in [0, 0.1) is 0 Å². The number of halogens is 3. The van der Waals surface area contributed by atoms with Gasteiger partial charge in [0.25, 0.3) is 5.91 Å². The van der Waals surface area contributed by atoms with Gasteiger partial charge in [-0.2, -0.15) is 13.2 Å². The molecule has 1 heterocycles. The van der Waals surface area contributed by atoms with Crippen LogP contribution in [0.5, 0.6) is 11.5 Å². The summed E-state index contributed by atoms with van der Waals surface area (Å²) in [5.74, 6) is 0.0713. The summed E-state index contributed by atoms with van der Waals surface area (Å²) in [6.45, 7) is -0.337. The first-order chi connectivity index (χ1) is 12.4. The number of carbonyl (C=O) groups excluding carboxylic acids is 1. The number of rotatable bonds is 5. The average Bonchev–Trinajstić information content (AvgIpc) is 3.14. The van der Waals surface area contributed by atoms with Crippen molar-refractivity contribution in [2.75, 3.05) is 19.6 Å². The van der Waals surface area contributed by atoms with Gasteiger partial charge in [-0.1, -0.05) is 30.3 Å². The minimum absolute atomic E-state index is 0.118. The standard InChI is InChI=1S/C19H19F3N2O2/c20-19(21,22)13-24(14-10-11-23-12-14)18(25)16-8-4-5-9-17(16)26-15-6-2-1-3-7-15/h1-9,14,23H,10-13H2. The molecule has 1 unspecified atom stereocenters. The maximum absolute atomic E-state index is 13.0. The van der Waals surface area contributed by atoms with Gasteiger partial charge in [0.15, 0.2) is 0 Å². The molecule has 2 aromatic rings. The second kappa shape index (κ2) is 7.78. The normalized spacial score (nSPS) is 17.1. The zero-order chi connectivity index (χ0) is 18.6. The molecular formula is C19H19F3N2O2. The van der Waals surface area contributed by atoms with Gasteiger partial charge in [0.1, 0.15) is 18.0 Å². The summed E-state index contributed by atoms with van der Waals surface area (Å²) in [4.78, 5) is 13.8. The Hall–Kier alpha value is -2.54. The van der Waals surface area contributed by atoms with Crippen LogP contribution in [0.2, 0.25) is 0 Å². The van der Waals surface area contributed by atoms with Gasteiger partial charge in [-0.25, -0.2) is 0 Å². The Balaban J connectivity index is 1.89. The largest absolute Gasteiger partial charge is 0.457 e. The molecule has 3 rings (SSSR count). The van der Waals surface area contributed by atoms with E-state index in [-0.39, 0.29) is 11.3 Å². The lowest BCUT2D eigenvalue weighted by Gasteiger charge is -2.30. The first-order valence-corrected chi connectivity index (χ1v) is 8.34. The van der Waals surface area contributed by atoms with E-state index >= 15 is 0 Å². The van der Waals surface area contributed by atoms with Gasteiger partial charge in [0, 0.05) is 12.6 Å². The molecule has 4 nitrogen and oxygen atoms in total. The Kier molecular flexibility index (Phi) is 5.46. The Morgan fingerprint density at radius 1 is 1.12 bits per heavy atom. The number of benzene rings is 2. The maximum atomic E-state index is 13.0. The van der Waals surface area contributed by atoms with E-state index in [9.17, 15) is 18.0 Å². The predicted octanol–water partition coefficient (Wildman–Crippen LogP) is 3.85. The van der Waals surface area contributed by atoms with Gasteiger partial charge in [-0.15, -0.1) is 0 Å². The average molecular weight is 364 g/mol. The lowest BCUT2D eigenvalue weighted by molar-refractivity contribution is -0.144. The summed E-state index contributed by atoms with van der Waals surface area (Å²) in [7, 11) is 0. The maximum Gasteiger partial charge on any atom is 0.406 e. The molecule has 1 atom stereocenters. The fourth-order valence-corrected chi connectivity index (χ4v) is 2.97. The van der Waals surface area contributed by atoms with Gasteiger partial charge in [0.05, 0.1) is 5.56 Å². The molecular weight excluding hydrogens is 345 g/mol. The third-order valence-corrected chi connectivity index (χ3v) is 4.17. The molecule has 0 bridgehead atoms. The van der Waals surface area contributed by atoms with Gasteiger partial charge >= 0.3 is 6.18 Å². The molecule has 0 aliphatic carbocycles. The van der Waals surface area contributed by atoms with E-state index in [2.05, 4.69) is 5.32 Å². The molecule has 1 aliphatic rings. The molecule has 0 spiro atoms. The van der Waals surface area contributed by atoms with E-state index in [1.807, 2.05) is 6.07 Å². The Bertz CT molecular complexity index is 744. The zero-order valence-corrected chi connectivity index (χ0v) is 14.0. The molecule has 7 heteroatoms. The molecule has 0 aromatic heterocycles. The fourth-order valence-electron chi connectivity index (χ4n) is 2.97. The Morgan fingerprint density at radius 3 is 2.46 bits per heavy atom. The lowest BCUT2D eigenvalue weighted by atomic mass is 10.1. The van der Waals surface area contributed by atoms with E-state index in [4.69, 9.17) is 4.74 Å². The minimum atomic E-state index is -4.46. The molecule has 1 N–H and O–H groups in total. The number of para-hydroxylation sites is 2. The summed E-state index contributed by atoms with van der Waals surface area (Å²) >= 11 is 0. The third-order valence-electron chi connectivity index (χ3n) is 4.17. The van der Waals surface area contributed by atoms with E-state index in [0.717, 1.165) is 4.90 Å². The van der Waals surface area contributed by atoms with Gasteiger partial charge in [-0.05, 0) is 37.2 Å². The molecule has 1 aliphatic heterocycles. The molecule has 138 valence electrons. The predicted molar refractivity (Wildman–Crippen MR) is 91.3 cm³/mol. The van der Waals surface area contributed by atoms with Crippen LogP contribution in [0.25, 0.3) is 0 Å². The summed E-state index contributed by atoms with van der Waals surface area (Å²) in [6.07, 6.45) is -3.98. The topological polar surface area (TPSA) is 41.6 Å². The van der Waals surface area contributed by atoms with Crippen molar-refractivity contribution < 1.29 is 22.7 Å². The van der Waals surface area contributed by atoms with Crippen LogP contribution < -0.4 is 10.1 Å². The lowest BCUT2D eigenvalue weighted by Crippen LogP contribution is -2.46. The van der Waals surface area contributed by atoms with Gasteiger partial charge < -0.3 is 15.0 Å². The van der Waals surface area contributed by atoms with Crippen LogP contribution in [0.3, 0.4) is 0 Å². The number of ether oxygens (including phenoxy) is 1. The van der Waals surface area contributed by atoms with Crippen LogP contribution in [-0.4, -0.2) is 42.7 Å². The van der Waals surface area contributed by atoms with E-state index in [0.29, 0.717) is 25.3 Å². The van der Waals surface area contributed by atoms with E-state index in [1.54, 1.807) is 42.5 Å². The van der Waals surface area contributed by atoms with Crippen molar-refractivity contribution >= 4 is 5.91 Å². The van der Waals surface area contributed by atoms with Crippen molar-refractivity contribution in [2.45, 2.75) is 18.6 Å². The first-order valence-electron chi connectivity index (χ1n) is 8.34. The third kappa shape index (κ3) is 4.54. The van der Waals surface area contributed by atoms with E-state index < -0.39 is 24.7 Å². The monoisotopic (exact) mass is 364 g/mol. The molecule has 2 aromatic carbocycles. The number of nitrogens with zero attached hydrogens (tertiary/aromatic N) is 1. The van der Waals surface area contributed by atoms with Crippen molar-refractivity contribution in [2.24, 2.45) is 0 Å². The van der Waals surface area contributed by atoms with Crippen molar-refractivity contribution in [1.29, 1.82) is 0 Å². The van der Waals surface area contributed by atoms with Crippen LogP contribution in [0.15, 0.2) is 54.6 Å². The van der Waals surface area contributed by atoms with Crippen LogP contribution >= 0.6 is 0 Å². The second-order valence-electron chi connectivity index (χ2n) is 6.11. The SMILES string of the molecule is O=C(c1ccccc1Oc1ccccc1)N(CC(F)(F)F)C1CCNC1. The number of hydrogen-bond donors (Lipinski definition) is 1. The molecule has 0 saturated carbocycles. The highest BCUT2D eigenvalue weighted by atomic mass is 19.4. The van der Waals surface area contributed by atoms with Gasteiger partial charge in [-0.3, -0.25) is 4.79 Å².